The van der Waals surface area contributed by atoms with Crippen molar-refractivity contribution >= 4 is 27.8 Å². The Kier molecular flexibility index (Phi) is 11.2. The fourth-order valence-corrected chi connectivity index (χ4v) is 5.97. The lowest BCUT2D eigenvalue weighted by atomic mass is 10.2. The van der Waals surface area contributed by atoms with Gasteiger partial charge in [0.2, 0.25) is 0 Å². The van der Waals surface area contributed by atoms with Gasteiger partial charge in [-0.05, 0) is 6.92 Å². The molecule has 0 amide bonds. The van der Waals surface area contributed by atoms with Gasteiger partial charge in [0.1, 0.15) is 29.6 Å². The summed E-state index contributed by atoms with van der Waals surface area (Å²) in [6.07, 6.45) is -1.13. The van der Waals surface area contributed by atoms with Crippen LogP contribution in [0.2, 0.25) is 0 Å². The molecule has 18 heteroatoms. The topological polar surface area (TPSA) is 194 Å². The highest BCUT2D eigenvalue weighted by molar-refractivity contribution is 7.98. The predicted molar refractivity (Wildman–Crippen MR) is 140 cm³/mol. The number of thioether (sulfide) groups is 1. The van der Waals surface area contributed by atoms with E-state index in [1.54, 1.807) is 12.1 Å². The van der Waals surface area contributed by atoms with Gasteiger partial charge < -0.3 is 33.5 Å². The standard InChI is InChI=1S/C21H30N2O13P2S/c1-12-8-23(21(25)22-20(12)24)19-7-17(18(35-19)9-34-38(28,29)36-37(26)27)33-11-39-10-14-15(31-3)5-13(30-2)6-16(14)32-4/h5-6,8,17-19,37H,7,9-11H2,1-4H3,(H,26,27)(H,28,29)(H,22,24,25)/t17-,18+,19+/m0/s1. The summed E-state index contributed by atoms with van der Waals surface area (Å²) in [5, 5.41) is 0. The van der Waals surface area contributed by atoms with Gasteiger partial charge >= 0.3 is 21.8 Å². The molecule has 0 saturated carbocycles. The summed E-state index contributed by atoms with van der Waals surface area (Å²) in [4.78, 5) is 44.8. The van der Waals surface area contributed by atoms with Crippen LogP contribution in [-0.2, 0) is 33.2 Å². The second-order valence-corrected chi connectivity index (χ2v) is 11.5. The molecule has 39 heavy (non-hydrogen) atoms. The molecule has 1 aliphatic heterocycles. The van der Waals surface area contributed by atoms with Crippen molar-refractivity contribution in [3.63, 3.8) is 0 Å². The van der Waals surface area contributed by atoms with Crippen molar-refractivity contribution in [2.45, 2.75) is 37.5 Å². The first-order chi connectivity index (χ1) is 18.5. The van der Waals surface area contributed by atoms with Gasteiger partial charge in [0, 0.05) is 41.6 Å². The third kappa shape index (κ3) is 8.43. The number of ether oxygens (including phenoxy) is 5. The van der Waals surface area contributed by atoms with E-state index in [2.05, 4.69) is 9.29 Å². The van der Waals surface area contributed by atoms with E-state index in [9.17, 15) is 23.6 Å². The third-order valence-corrected chi connectivity index (χ3v) is 8.48. The first kappa shape index (κ1) is 31.4. The molecule has 0 spiro atoms. The van der Waals surface area contributed by atoms with Crippen LogP contribution < -0.4 is 25.5 Å². The Bertz CT molecular complexity index is 1310. The molecule has 218 valence electrons. The van der Waals surface area contributed by atoms with Crippen molar-refractivity contribution in [3.05, 3.63) is 50.3 Å². The molecule has 3 N–H and O–H groups in total. The second kappa shape index (κ2) is 14.0. The fourth-order valence-electron chi connectivity index (χ4n) is 3.79. The maximum atomic E-state index is 12.4. The molecule has 1 aromatic carbocycles. The van der Waals surface area contributed by atoms with Crippen molar-refractivity contribution in [2.75, 3.05) is 33.9 Å². The molecule has 1 saturated heterocycles. The number of aryl methyl sites for hydroxylation is 1. The van der Waals surface area contributed by atoms with Crippen molar-refractivity contribution in [1.82, 2.24) is 9.55 Å². The SMILES string of the molecule is COc1cc(OC)c(CSCO[C@H]2C[C@H](n3cc(C)c(=O)[nH]c3=O)O[C@@H]2COP(=O)(O)O[PH](=O)O)c(OC)c1. The van der Waals surface area contributed by atoms with E-state index in [-0.39, 0.29) is 17.9 Å². The minimum absolute atomic E-state index is 0.127. The number of H-pyrrole nitrogens is 1. The van der Waals surface area contributed by atoms with Crippen molar-refractivity contribution in [2.24, 2.45) is 0 Å². The van der Waals surface area contributed by atoms with Gasteiger partial charge in [-0.1, -0.05) is 0 Å². The molecule has 5 atom stereocenters. The molecule has 15 nitrogen and oxygen atoms in total. The van der Waals surface area contributed by atoms with Crippen LogP contribution in [0.5, 0.6) is 17.2 Å². The molecule has 1 aliphatic rings. The number of hydrogen-bond acceptors (Lipinski definition) is 12. The van der Waals surface area contributed by atoms with Crippen molar-refractivity contribution < 1.29 is 51.4 Å². The first-order valence-corrected chi connectivity index (χ1v) is 15.2. The summed E-state index contributed by atoms with van der Waals surface area (Å²) >= 11 is 1.37. The first-order valence-electron chi connectivity index (χ1n) is 11.3. The molecule has 0 aliphatic carbocycles. The van der Waals surface area contributed by atoms with Gasteiger partial charge in [-0.15, -0.1) is 11.8 Å². The lowest BCUT2D eigenvalue weighted by Gasteiger charge is -2.20. The Morgan fingerprint density at radius 3 is 2.46 bits per heavy atom. The number of methoxy groups -OCH3 is 3. The van der Waals surface area contributed by atoms with Crippen molar-refractivity contribution in [3.8, 4) is 17.2 Å². The third-order valence-electron chi connectivity index (χ3n) is 5.66. The fraction of sp³-hybridized carbons (Fsp3) is 0.524. The zero-order chi connectivity index (χ0) is 28.7. The smallest absolute Gasteiger partial charge is 0.479 e. The van der Waals surface area contributed by atoms with E-state index >= 15 is 0 Å². The van der Waals surface area contributed by atoms with Crippen LogP contribution in [-0.4, -0.2) is 65.4 Å². The van der Waals surface area contributed by atoms with Crippen LogP contribution >= 0.6 is 27.8 Å². The molecule has 2 aromatic rings. The highest BCUT2D eigenvalue weighted by atomic mass is 32.2. The van der Waals surface area contributed by atoms with E-state index in [1.807, 2.05) is 0 Å². The Morgan fingerprint density at radius 2 is 1.87 bits per heavy atom. The predicted octanol–water partition coefficient (Wildman–Crippen LogP) is 1.95. The van der Waals surface area contributed by atoms with Gasteiger partial charge in [-0.25, -0.2) is 13.7 Å². The van der Waals surface area contributed by atoms with Crippen LogP contribution in [0.4, 0.5) is 0 Å². The van der Waals surface area contributed by atoms with E-state index < -0.39 is 52.4 Å². The Balaban J connectivity index is 1.72. The van der Waals surface area contributed by atoms with E-state index in [0.29, 0.717) is 23.0 Å². The number of phosphoric ester groups is 1. The summed E-state index contributed by atoms with van der Waals surface area (Å²) in [5.74, 6) is 2.24. The summed E-state index contributed by atoms with van der Waals surface area (Å²) in [7, 11) is -4.02. The maximum Gasteiger partial charge on any atom is 0.479 e. The summed E-state index contributed by atoms with van der Waals surface area (Å²) in [6, 6.07) is 3.45. The maximum absolute atomic E-state index is 12.4. The average molecular weight is 612 g/mol. The van der Waals surface area contributed by atoms with Crippen LogP contribution in [0.3, 0.4) is 0 Å². The highest BCUT2D eigenvalue weighted by Crippen LogP contribution is 2.51. The van der Waals surface area contributed by atoms with E-state index in [4.69, 9.17) is 33.1 Å². The number of nitrogens with one attached hydrogen (secondary N) is 1. The molecule has 1 fully saturated rings. The van der Waals surface area contributed by atoms with Gasteiger partial charge in [-0.3, -0.25) is 23.4 Å². The lowest BCUT2D eigenvalue weighted by Crippen LogP contribution is -2.33. The minimum atomic E-state index is -4.85. The van der Waals surface area contributed by atoms with E-state index in [1.165, 1.54) is 50.8 Å². The average Bonchev–Trinajstić information content (AvgIpc) is 3.29. The van der Waals surface area contributed by atoms with Gasteiger partial charge in [0.15, 0.2) is 0 Å². The zero-order valence-electron chi connectivity index (χ0n) is 21.5. The monoisotopic (exact) mass is 612 g/mol. The molecule has 3 rings (SSSR count). The number of aromatic amines is 1. The molecule has 2 heterocycles. The van der Waals surface area contributed by atoms with Gasteiger partial charge in [0.05, 0.1) is 40.0 Å². The zero-order valence-corrected chi connectivity index (χ0v) is 24.2. The summed E-state index contributed by atoms with van der Waals surface area (Å²) in [5.41, 5.74) is -0.211. The molecular weight excluding hydrogens is 582 g/mol. The van der Waals surface area contributed by atoms with E-state index in [0.717, 1.165) is 5.56 Å². The van der Waals surface area contributed by atoms with Crippen LogP contribution in [0.15, 0.2) is 27.9 Å². The number of phosphoric acid groups is 1. The summed E-state index contributed by atoms with van der Waals surface area (Å²) in [6.45, 7) is 0.971. The number of aromatic nitrogens is 2. The lowest BCUT2D eigenvalue weighted by molar-refractivity contribution is -0.0542. The number of hydrogen-bond donors (Lipinski definition) is 3. The molecule has 0 bridgehead atoms. The number of benzene rings is 1. The normalized spacial score (nSPS) is 21.3. The molecule has 0 radical (unpaired) electrons. The number of rotatable bonds is 14. The quantitative estimate of drug-likeness (QED) is 0.159. The molecule has 1 aromatic heterocycles. The van der Waals surface area contributed by atoms with Crippen LogP contribution in [0.25, 0.3) is 0 Å². The summed E-state index contributed by atoms with van der Waals surface area (Å²) < 4.78 is 60.8. The highest BCUT2D eigenvalue weighted by Gasteiger charge is 2.39. The Hall–Kier alpha value is -2.13. The van der Waals surface area contributed by atoms with Crippen molar-refractivity contribution in [1.29, 1.82) is 0 Å². The van der Waals surface area contributed by atoms with Gasteiger partial charge in [0.25, 0.3) is 5.56 Å². The molecule has 2 unspecified atom stereocenters. The van der Waals surface area contributed by atoms with Crippen LogP contribution in [0.1, 0.15) is 23.8 Å². The van der Waals surface area contributed by atoms with Crippen LogP contribution in [0, 0.1) is 6.92 Å². The largest absolute Gasteiger partial charge is 0.496 e. The number of nitrogens with zero attached hydrogens (tertiary/aromatic N) is 1. The molecular formula is C21H30N2O13P2S. The Morgan fingerprint density at radius 1 is 1.21 bits per heavy atom. The minimum Gasteiger partial charge on any atom is -0.496 e. The van der Waals surface area contributed by atoms with Gasteiger partial charge in [-0.2, -0.15) is 0 Å². The Labute approximate surface area is 227 Å². The second-order valence-electron chi connectivity index (χ2n) is 8.15.